The average molecular weight is 377 g/mol. The zero-order chi connectivity index (χ0) is 16.2. The van der Waals surface area contributed by atoms with E-state index in [1.54, 1.807) is 19.2 Å². The van der Waals surface area contributed by atoms with Gasteiger partial charge in [-0.3, -0.25) is 4.90 Å². The Labute approximate surface area is 145 Å². The van der Waals surface area contributed by atoms with Crippen molar-refractivity contribution in [1.82, 2.24) is 4.90 Å². The Morgan fingerprint density at radius 1 is 1.04 bits per heavy atom. The number of ether oxygens (including phenoxy) is 1. The van der Waals surface area contributed by atoms with E-state index in [2.05, 4.69) is 37.9 Å². The van der Waals surface area contributed by atoms with E-state index in [1.165, 1.54) is 11.3 Å². The fourth-order valence-corrected chi connectivity index (χ4v) is 3.48. The largest absolute Gasteiger partial charge is 0.508 e. The van der Waals surface area contributed by atoms with Gasteiger partial charge in [-0.25, -0.2) is 0 Å². The molecule has 0 spiro atoms. The highest BCUT2D eigenvalue weighted by Gasteiger charge is 2.17. The van der Waals surface area contributed by atoms with Crippen molar-refractivity contribution in [2.75, 3.05) is 38.2 Å². The Bertz CT molecular complexity index is 653. The molecule has 1 aliphatic rings. The summed E-state index contributed by atoms with van der Waals surface area (Å²) in [4.78, 5) is 4.82. The highest BCUT2D eigenvalue weighted by atomic mass is 79.9. The molecule has 1 saturated heterocycles. The topological polar surface area (TPSA) is 35.9 Å². The van der Waals surface area contributed by atoms with E-state index in [9.17, 15) is 5.11 Å². The quantitative estimate of drug-likeness (QED) is 0.885. The maximum Gasteiger partial charge on any atom is 0.133 e. The number of benzene rings is 2. The van der Waals surface area contributed by atoms with E-state index in [0.717, 1.165) is 42.9 Å². The van der Waals surface area contributed by atoms with E-state index >= 15 is 0 Å². The number of hydrogen-bond acceptors (Lipinski definition) is 4. The van der Waals surface area contributed by atoms with Crippen molar-refractivity contribution in [3.05, 3.63) is 52.5 Å². The van der Waals surface area contributed by atoms with Crippen molar-refractivity contribution < 1.29 is 9.84 Å². The molecule has 1 heterocycles. The minimum Gasteiger partial charge on any atom is -0.508 e. The molecule has 122 valence electrons. The van der Waals surface area contributed by atoms with Gasteiger partial charge in [0.2, 0.25) is 0 Å². The van der Waals surface area contributed by atoms with Crippen LogP contribution >= 0.6 is 15.9 Å². The van der Waals surface area contributed by atoms with Gasteiger partial charge in [-0.05, 0) is 57.9 Å². The van der Waals surface area contributed by atoms with Gasteiger partial charge in [-0.15, -0.1) is 0 Å². The third kappa shape index (κ3) is 3.98. The number of piperazine rings is 1. The number of hydrogen-bond donors (Lipinski definition) is 1. The second-order valence-electron chi connectivity index (χ2n) is 5.75. The Hall–Kier alpha value is -1.72. The van der Waals surface area contributed by atoms with Gasteiger partial charge in [0.05, 0.1) is 11.6 Å². The Kier molecular flexibility index (Phi) is 5.08. The summed E-state index contributed by atoms with van der Waals surface area (Å²) in [6, 6.07) is 13.7. The van der Waals surface area contributed by atoms with Gasteiger partial charge >= 0.3 is 0 Å². The minimum absolute atomic E-state index is 0.317. The van der Waals surface area contributed by atoms with Crippen LogP contribution < -0.4 is 9.64 Å². The summed E-state index contributed by atoms with van der Waals surface area (Å²) in [6.07, 6.45) is 0. The molecule has 0 bridgehead atoms. The molecule has 5 heteroatoms. The van der Waals surface area contributed by atoms with Gasteiger partial charge < -0.3 is 14.7 Å². The number of phenolic OH excluding ortho intramolecular Hbond substituents is 1. The van der Waals surface area contributed by atoms with E-state index in [-0.39, 0.29) is 0 Å². The first kappa shape index (κ1) is 16.1. The van der Waals surface area contributed by atoms with Gasteiger partial charge in [0.15, 0.2) is 0 Å². The van der Waals surface area contributed by atoms with Crippen LogP contribution in [0.15, 0.2) is 46.9 Å². The van der Waals surface area contributed by atoms with Crippen molar-refractivity contribution in [2.45, 2.75) is 6.54 Å². The first-order chi connectivity index (χ1) is 11.2. The monoisotopic (exact) mass is 376 g/mol. The maximum atomic E-state index is 9.38. The standard InChI is InChI=1S/C18H21BrN2O2/c1-23-18-7-2-14(12-17(18)19)13-20-8-10-21(11-9-20)15-3-5-16(22)6-4-15/h2-7,12,22H,8-11,13H2,1H3. The number of aromatic hydroxyl groups is 1. The molecule has 0 amide bonds. The maximum absolute atomic E-state index is 9.38. The number of rotatable bonds is 4. The van der Waals surface area contributed by atoms with Gasteiger partial charge in [0, 0.05) is 38.4 Å². The molecule has 2 aromatic rings. The van der Waals surface area contributed by atoms with Gasteiger partial charge in [-0.1, -0.05) is 6.07 Å². The van der Waals surface area contributed by atoms with Gasteiger partial charge in [0.25, 0.3) is 0 Å². The minimum atomic E-state index is 0.317. The third-order valence-electron chi connectivity index (χ3n) is 4.21. The SMILES string of the molecule is COc1ccc(CN2CCN(c3ccc(O)cc3)CC2)cc1Br. The Balaban J connectivity index is 1.56. The Morgan fingerprint density at radius 3 is 2.35 bits per heavy atom. The van der Waals surface area contributed by atoms with Crippen molar-refractivity contribution in [2.24, 2.45) is 0 Å². The van der Waals surface area contributed by atoms with Crippen molar-refractivity contribution in [3.63, 3.8) is 0 Å². The molecular weight excluding hydrogens is 356 g/mol. The van der Waals surface area contributed by atoms with E-state index in [4.69, 9.17) is 4.74 Å². The number of nitrogens with zero attached hydrogens (tertiary/aromatic N) is 2. The summed E-state index contributed by atoms with van der Waals surface area (Å²) in [5.74, 6) is 1.18. The van der Waals surface area contributed by atoms with Crippen molar-refractivity contribution in [1.29, 1.82) is 0 Å². The summed E-state index contributed by atoms with van der Waals surface area (Å²) >= 11 is 3.55. The molecule has 0 radical (unpaired) electrons. The van der Waals surface area contributed by atoms with Crippen LogP contribution in [-0.2, 0) is 6.54 Å². The molecule has 1 aliphatic heterocycles. The van der Waals surface area contributed by atoms with Crippen molar-refractivity contribution in [3.8, 4) is 11.5 Å². The lowest BCUT2D eigenvalue weighted by Crippen LogP contribution is -2.45. The molecule has 4 nitrogen and oxygen atoms in total. The van der Waals surface area contributed by atoms with Crippen LogP contribution in [0.2, 0.25) is 0 Å². The van der Waals surface area contributed by atoms with Crippen LogP contribution in [0.4, 0.5) is 5.69 Å². The average Bonchev–Trinajstić information content (AvgIpc) is 2.57. The zero-order valence-electron chi connectivity index (χ0n) is 13.2. The number of anilines is 1. The number of halogens is 1. The van der Waals surface area contributed by atoms with Crippen LogP contribution in [0.25, 0.3) is 0 Å². The molecule has 1 N–H and O–H groups in total. The molecule has 0 saturated carbocycles. The first-order valence-corrected chi connectivity index (χ1v) is 8.54. The molecule has 3 rings (SSSR count). The van der Waals surface area contributed by atoms with E-state index in [1.807, 2.05) is 18.2 Å². The molecule has 0 aliphatic carbocycles. The van der Waals surface area contributed by atoms with E-state index in [0.29, 0.717) is 5.75 Å². The van der Waals surface area contributed by atoms with Crippen LogP contribution in [-0.4, -0.2) is 43.3 Å². The normalized spacial score (nSPS) is 15.7. The summed E-state index contributed by atoms with van der Waals surface area (Å²) in [7, 11) is 1.68. The second kappa shape index (κ2) is 7.23. The molecule has 0 atom stereocenters. The number of methoxy groups -OCH3 is 1. The fourth-order valence-electron chi connectivity index (χ4n) is 2.89. The van der Waals surface area contributed by atoms with Gasteiger partial charge in [0.1, 0.15) is 11.5 Å². The zero-order valence-corrected chi connectivity index (χ0v) is 14.8. The Morgan fingerprint density at radius 2 is 1.74 bits per heavy atom. The van der Waals surface area contributed by atoms with Crippen LogP contribution in [0, 0.1) is 0 Å². The number of phenols is 1. The highest BCUT2D eigenvalue weighted by Crippen LogP contribution is 2.26. The summed E-state index contributed by atoms with van der Waals surface area (Å²) in [6.45, 7) is 5.02. The van der Waals surface area contributed by atoms with Gasteiger partial charge in [-0.2, -0.15) is 0 Å². The molecule has 0 unspecified atom stereocenters. The van der Waals surface area contributed by atoms with E-state index < -0.39 is 0 Å². The summed E-state index contributed by atoms with van der Waals surface area (Å²) in [5, 5.41) is 9.38. The third-order valence-corrected chi connectivity index (χ3v) is 4.83. The van der Waals surface area contributed by atoms with Crippen LogP contribution in [0.1, 0.15) is 5.56 Å². The lowest BCUT2D eigenvalue weighted by atomic mass is 10.2. The molecule has 1 fully saturated rings. The second-order valence-corrected chi connectivity index (χ2v) is 6.60. The highest BCUT2D eigenvalue weighted by molar-refractivity contribution is 9.10. The molecular formula is C18H21BrN2O2. The van der Waals surface area contributed by atoms with Crippen LogP contribution in [0.5, 0.6) is 11.5 Å². The summed E-state index contributed by atoms with van der Waals surface area (Å²) in [5.41, 5.74) is 2.46. The predicted octanol–water partition coefficient (Wildman–Crippen LogP) is 3.49. The lowest BCUT2D eigenvalue weighted by molar-refractivity contribution is 0.249. The molecule has 23 heavy (non-hydrogen) atoms. The fraction of sp³-hybridized carbons (Fsp3) is 0.333. The molecule has 2 aromatic carbocycles. The lowest BCUT2D eigenvalue weighted by Gasteiger charge is -2.36. The molecule has 0 aromatic heterocycles. The first-order valence-electron chi connectivity index (χ1n) is 7.74. The van der Waals surface area contributed by atoms with Crippen molar-refractivity contribution >= 4 is 21.6 Å². The van der Waals surface area contributed by atoms with Crippen LogP contribution in [0.3, 0.4) is 0 Å². The predicted molar refractivity (Wildman–Crippen MR) is 96.3 cm³/mol. The summed E-state index contributed by atoms with van der Waals surface area (Å²) < 4.78 is 6.28. The smallest absolute Gasteiger partial charge is 0.133 e.